The molecule has 1 atom stereocenters. The highest BCUT2D eigenvalue weighted by Gasteiger charge is 2.27. The van der Waals surface area contributed by atoms with Gasteiger partial charge in [0.05, 0.1) is 0 Å². The molecule has 0 aliphatic heterocycles. The van der Waals surface area contributed by atoms with Crippen molar-refractivity contribution >= 4 is 8.60 Å². The van der Waals surface area contributed by atoms with Crippen LogP contribution in [0.15, 0.2) is 36.4 Å². The van der Waals surface area contributed by atoms with Crippen molar-refractivity contribution in [3.63, 3.8) is 0 Å². The standard InChI is InChI=1S/C25H38NO3P/c1-23(2,3)18-11-13-22(20(15-18)25(7,8)9)29-30(27)28-21-12-10-17(16-26)14-19(21)24(4,5)6/h10-15,27H,16,26H2,1-9H3. The Balaban J connectivity index is 2.34. The zero-order valence-electron chi connectivity index (χ0n) is 20.0. The van der Waals surface area contributed by atoms with Gasteiger partial charge in [-0.2, -0.15) is 0 Å². The molecule has 0 heterocycles. The third-order valence-corrected chi connectivity index (χ3v) is 5.80. The fraction of sp³-hybridized carbons (Fsp3) is 0.520. The Bertz CT molecular complexity index is 873. The molecule has 0 spiro atoms. The molecule has 3 N–H and O–H groups in total. The summed E-state index contributed by atoms with van der Waals surface area (Å²) in [5.41, 5.74) is 9.86. The van der Waals surface area contributed by atoms with Gasteiger partial charge in [0.15, 0.2) is 0 Å². The Kier molecular flexibility index (Phi) is 7.29. The van der Waals surface area contributed by atoms with Crippen LogP contribution in [0.2, 0.25) is 0 Å². The first-order chi connectivity index (χ1) is 13.6. The molecule has 0 aliphatic carbocycles. The topological polar surface area (TPSA) is 64.7 Å². The van der Waals surface area contributed by atoms with Gasteiger partial charge in [-0.05, 0) is 39.5 Å². The van der Waals surface area contributed by atoms with Crippen molar-refractivity contribution in [1.29, 1.82) is 0 Å². The maximum atomic E-state index is 10.7. The molecule has 0 amide bonds. The van der Waals surface area contributed by atoms with Crippen molar-refractivity contribution in [3.8, 4) is 11.5 Å². The summed E-state index contributed by atoms with van der Waals surface area (Å²) in [6.45, 7) is 19.8. The van der Waals surface area contributed by atoms with Gasteiger partial charge < -0.3 is 19.7 Å². The van der Waals surface area contributed by atoms with Gasteiger partial charge in [0.25, 0.3) is 0 Å². The van der Waals surface area contributed by atoms with Crippen molar-refractivity contribution in [2.24, 2.45) is 5.73 Å². The van der Waals surface area contributed by atoms with E-state index in [1.54, 1.807) is 0 Å². The molecule has 0 radical (unpaired) electrons. The van der Waals surface area contributed by atoms with Crippen molar-refractivity contribution < 1.29 is 13.9 Å². The van der Waals surface area contributed by atoms with Crippen LogP contribution in [-0.2, 0) is 22.8 Å². The highest BCUT2D eigenvalue weighted by molar-refractivity contribution is 7.41. The van der Waals surface area contributed by atoms with Crippen molar-refractivity contribution in [3.05, 3.63) is 58.7 Å². The fourth-order valence-electron chi connectivity index (χ4n) is 3.22. The first-order valence-electron chi connectivity index (χ1n) is 10.5. The van der Waals surface area contributed by atoms with Gasteiger partial charge in [-0.15, -0.1) is 0 Å². The zero-order valence-corrected chi connectivity index (χ0v) is 20.9. The van der Waals surface area contributed by atoms with E-state index in [4.69, 9.17) is 14.8 Å². The lowest BCUT2D eigenvalue weighted by molar-refractivity contribution is 0.371. The Labute approximate surface area is 183 Å². The first kappa shape index (κ1) is 24.7. The second-order valence-electron chi connectivity index (χ2n) is 10.9. The highest BCUT2D eigenvalue weighted by Crippen LogP contribution is 2.44. The summed E-state index contributed by atoms with van der Waals surface area (Å²) >= 11 is 0. The molecule has 30 heavy (non-hydrogen) atoms. The average Bonchev–Trinajstić information content (AvgIpc) is 2.59. The van der Waals surface area contributed by atoms with E-state index in [0.29, 0.717) is 18.0 Å². The second-order valence-corrected chi connectivity index (χ2v) is 11.8. The SMILES string of the molecule is CC(C)(C)c1ccc(OP(O)Oc2ccc(CN)cc2C(C)(C)C)c(C(C)(C)C)c1. The van der Waals surface area contributed by atoms with E-state index in [0.717, 1.165) is 16.7 Å². The smallest absolute Gasteiger partial charge is 0.418 e. The Morgan fingerprint density at radius 3 is 1.63 bits per heavy atom. The molecular weight excluding hydrogens is 393 g/mol. The van der Waals surface area contributed by atoms with Crippen molar-refractivity contribution in [1.82, 2.24) is 0 Å². The normalized spacial score (nSPS) is 13.8. The maximum absolute atomic E-state index is 10.7. The van der Waals surface area contributed by atoms with Gasteiger partial charge in [0.1, 0.15) is 11.5 Å². The van der Waals surface area contributed by atoms with Crippen LogP contribution in [0.4, 0.5) is 0 Å². The summed E-state index contributed by atoms with van der Waals surface area (Å²) < 4.78 is 11.8. The van der Waals surface area contributed by atoms with Crippen LogP contribution in [-0.4, -0.2) is 4.89 Å². The Hall–Kier alpha value is -1.61. The summed E-state index contributed by atoms with van der Waals surface area (Å²) in [5.74, 6) is 1.27. The molecule has 0 aromatic heterocycles. The summed E-state index contributed by atoms with van der Waals surface area (Å²) in [6, 6.07) is 12.0. The van der Waals surface area contributed by atoms with Crippen LogP contribution >= 0.6 is 8.60 Å². The van der Waals surface area contributed by atoms with Gasteiger partial charge in [0.2, 0.25) is 0 Å². The second kappa shape index (κ2) is 8.86. The van der Waals surface area contributed by atoms with Gasteiger partial charge in [0, 0.05) is 17.7 Å². The summed E-state index contributed by atoms with van der Waals surface area (Å²) in [4.78, 5) is 10.7. The minimum absolute atomic E-state index is 0.0331. The molecule has 2 aromatic rings. The molecule has 166 valence electrons. The zero-order chi connectivity index (χ0) is 22.9. The summed E-state index contributed by atoms with van der Waals surface area (Å²) in [5, 5.41) is 0. The predicted molar refractivity (Wildman–Crippen MR) is 127 cm³/mol. The third kappa shape index (κ3) is 6.20. The molecule has 0 saturated heterocycles. The molecule has 0 bridgehead atoms. The molecule has 4 nitrogen and oxygen atoms in total. The summed E-state index contributed by atoms with van der Waals surface area (Å²) in [7, 11) is -2.14. The number of nitrogens with two attached hydrogens (primary N) is 1. The number of hydrogen-bond donors (Lipinski definition) is 2. The molecule has 0 fully saturated rings. The first-order valence-corrected chi connectivity index (χ1v) is 11.6. The minimum Gasteiger partial charge on any atom is -0.418 e. The fourth-order valence-corrected chi connectivity index (χ4v) is 3.91. The van der Waals surface area contributed by atoms with E-state index in [9.17, 15) is 4.89 Å². The van der Waals surface area contributed by atoms with E-state index < -0.39 is 8.60 Å². The molecule has 1 unspecified atom stereocenters. The van der Waals surface area contributed by atoms with Crippen LogP contribution in [0.5, 0.6) is 11.5 Å². The number of rotatable bonds is 5. The molecule has 2 rings (SSSR count). The van der Waals surface area contributed by atoms with Gasteiger partial charge in [-0.25, -0.2) is 0 Å². The Morgan fingerprint density at radius 2 is 1.20 bits per heavy atom. The van der Waals surface area contributed by atoms with E-state index in [1.165, 1.54) is 5.56 Å². The van der Waals surface area contributed by atoms with E-state index in [-0.39, 0.29) is 16.2 Å². The van der Waals surface area contributed by atoms with Crippen molar-refractivity contribution in [2.75, 3.05) is 0 Å². The highest BCUT2D eigenvalue weighted by atomic mass is 31.2. The monoisotopic (exact) mass is 431 g/mol. The predicted octanol–water partition coefficient (Wildman–Crippen LogP) is 6.71. The van der Waals surface area contributed by atoms with Crippen LogP contribution in [0.1, 0.15) is 84.6 Å². The van der Waals surface area contributed by atoms with E-state index >= 15 is 0 Å². The lowest BCUT2D eigenvalue weighted by atomic mass is 9.80. The van der Waals surface area contributed by atoms with Crippen LogP contribution in [0, 0.1) is 0 Å². The molecule has 5 heteroatoms. The minimum atomic E-state index is -2.14. The number of benzene rings is 2. The van der Waals surface area contributed by atoms with Crippen LogP contribution in [0.3, 0.4) is 0 Å². The third-order valence-electron chi connectivity index (χ3n) is 5.09. The lowest BCUT2D eigenvalue weighted by Gasteiger charge is -2.28. The lowest BCUT2D eigenvalue weighted by Crippen LogP contribution is -2.17. The quantitative estimate of drug-likeness (QED) is 0.516. The molecular formula is C25H38NO3P. The van der Waals surface area contributed by atoms with E-state index in [1.807, 2.05) is 24.3 Å². The Morgan fingerprint density at radius 1 is 0.733 bits per heavy atom. The largest absolute Gasteiger partial charge is 0.460 e. The van der Waals surface area contributed by atoms with Gasteiger partial charge in [-0.3, -0.25) is 0 Å². The van der Waals surface area contributed by atoms with Crippen LogP contribution in [0.25, 0.3) is 0 Å². The van der Waals surface area contributed by atoms with Gasteiger partial charge in [-0.1, -0.05) is 86.6 Å². The molecule has 0 aliphatic rings. The number of hydrogen-bond acceptors (Lipinski definition) is 4. The molecule has 2 aromatic carbocycles. The van der Waals surface area contributed by atoms with Crippen LogP contribution < -0.4 is 14.8 Å². The average molecular weight is 432 g/mol. The van der Waals surface area contributed by atoms with E-state index in [2.05, 4.69) is 74.4 Å². The molecule has 0 saturated carbocycles. The van der Waals surface area contributed by atoms with Gasteiger partial charge >= 0.3 is 8.60 Å². The van der Waals surface area contributed by atoms with Crippen molar-refractivity contribution in [2.45, 2.75) is 85.1 Å². The summed E-state index contributed by atoms with van der Waals surface area (Å²) in [6.07, 6.45) is 0. The maximum Gasteiger partial charge on any atom is 0.460 e.